The maximum atomic E-state index is 13.3. The Labute approximate surface area is 205 Å². The lowest BCUT2D eigenvalue weighted by atomic mass is 9.94. The first-order valence-electron chi connectivity index (χ1n) is 11.9. The predicted molar refractivity (Wildman–Crippen MR) is 131 cm³/mol. The number of amides is 1. The zero-order valence-electron chi connectivity index (χ0n) is 20.4. The number of para-hydroxylation sites is 1. The van der Waals surface area contributed by atoms with Gasteiger partial charge in [0, 0.05) is 37.3 Å². The summed E-state index contributed by atoms with van der Waals surface area (Å²) in [5.74, 6) is -0.353. The number of carbonyl (C=O) groups is 2. The first-order chi connectivity index (χ1) is 16.9. The molecule has 2 aliphatic heterocycles. The average molecular weight is 481 g/mol. The molecule has 0 saturated carbocycles. The fourth-order valence-corrected chi connectivity index (χ4v) is 4.52. The molecule has 186 valence electrons. The van der Waals surface area contributed by atoms with E-state index in [1.54, 1.807) is 37.4 Å². The number of carbonyl (C=O) groups excluding carboxylic acids is 2. The van der Waals surface area contributed by atoms with E-state index < -0.39 is 17.7 Å². The molecule has 2 heterocycles. The van der Waals surface area contributed by atoms with Crippen LogP contribution in [0, 0.1) is 0 Å². The Morgan fingerprint density at radius 2 is 1.74 bits per heavy atom. The summed E-state index contributed by atoms with van der Waals surface area (Å²) in [6, 6.07) is 13.4. The molecule has 0 aromatic heterocycles. The molecule has 2 aromatic rings. The summed E-state index contributed by atoms with van der Waals surface area (Å²) >= 11 is 0. The monoisotopic (exact) mass is 480 g/mol. The van der Waals surface area contributed by atoms with Gasteiger partial charge in [-0.25, -0.2) is 0 Å². The standard InChI is InChI=1S/C27H32N2O6/c1-18(2)35-20-10-8-19(9-11-20)25(30)23-24(21-6-4-5-7-22(21)33-3)29(27(32)26(23)31)13-12-28-14-16-34-17-15-28/h4-11,18,24,30H,12-17H2,1-3H3/t24-/m1/s1. The summed E-state index contributed by atoms with van der Waals surface area (Å²) < 4.78 is 16.7. The van der Waals surface area contributed by atoms with E-state index in [1.165, 1.54) is 4.90 Å². The van der Waals surface area contributed by atoms with E-state index in [1.807, 2.05) is 32.0 Å². The molecule has 0 radical (unpaired) electrons. The molecule has 0 unspecified atom stereocenters. The van der Waals surface area contributed by atoms with Gasteiger partial charge in [0.05, 0.1) is 38.0 Å². The highest BCUT2D eigenvalue weighted by Gasteiger charge is 2.47. The van der Waals surface area contributed by atoms with E-state index in [9.17, 15) is 14.7 Å². The highest BCUT2D eigenvalue weighted by atomic mass is 16.5. The van der Waals surface area contributed by atoms with Crippen molar-refractivity contribution in [2.75, 3.05) is 46.5 Å². The van der Waals surface area contributed by atoms with Crippen molar-refractivity contribution in [1.29, 1.82) is 0 Å². The fraction of sp³-hybridized carbons (Fsp3) is 0.407. The number of rotatable bonds is 8. The quantitative estimate of drug-likeness (QED) is 0.353. The molecular formula is C27H32N2O6. The fourth-order valence-electron chi connectivity index (χ4n) is 4.52. The van der Waals surface area contributed by atoms with Gasteiger partial charge in [0.1, 0.15) is 17.3 Å². The lowest BCUT2D eigenvalue weighted by molar-refractivity contribution is -0.140. The van der Waals surface area contributed by atoms with Gasteiger partial charge < -0.3 is 24.2 Å². The number of morpholine rings is 1. The van der Waals surface area contributed by atoms with Crippen LogP contribution in [0.4, 0.5) is 0 Å². The number of Topliss-reactive ketones (excluding diaryl/α,β-unsaturated/α-hetero) is 1. The molecule has 0 spiro atoms. The summed E-state index contributed by atoms with van der Waals surface area (Å²) in [4.78, 5) is 30.2. The predicted octanol–water partition coefficient (Wildman–Crippen LogP) is 3.24. The van der Waals surface area contributed by atoms with Crippen molar-refractivity contribution in [2.24, 2.45) is 0 Å². The van der Waals surface area contributed by atoms with Crippen LogP contribution in [0.5, 0.6) is 11.5 Å². The minimum absolute atomic E-state index is 0.0109. The van der Waals surface area contributed by atoms with Crippen molar-refractivity contribution in [3.8, 4) is 11.5 Å². The number of likely N-dealkylation sites (tertiary alicyclic amines) is 1. The number of ketones is 1. The van der Waals surface area contributed by atoms with Gasteiger partial charge >= 0.3 is 0 Å². The Kier molecular flexibility index (Phi) is 7.73. The molecule has 2 aromatic carbocycles. The Bertz CT molecular complexity index is 1090. The molecule has 1 amide bonds. The molecule has 2 saturated heterocycles. The zero-order valence-corrected chi connectivity index (χ0v) is 20.4. The van der Waals surface area contributed by atoms with Crippen LogP contribution in [-0.2, 0) is 14.3 Å². The van der Waals surface area contributed by atoms with E-state index in [0.717, 1.165) is 13.1 Å². The lowest BCUT2D eigenvalue weighted by Crippen LogP contribution is -2.42. The molecule has 8 nitrogen and oxygen atoms in total. The van der Waals surface area contributed by atoms with E-state index in [0.29, 0.717) is 48.9 Å². The number of methoxy groups -OCH3 is 1. The summed E-state index contributed by atoms with van der Waals surface area (Å²) in [5, 5.41) is 11.3. The normalized spacial score (nSPS) is 20.5. The van der Waals surface area contributed by atoms with Crippen molar-refractivity contribution in [2.45, 2.75) is 26.0 Å². The summed E-state index contributed by atoms with van der Waals surface area (Å²) in [6.45, 7) is 7.63. The first kappa shape index (κ1) is 24.8. The van der Waals surface area contributed by atoms with Gasteiger partial charge in [0.15, 0.2) is 0 Å². The maximum Gasteiger partial charge on any atom is 0.295 e. The zero-order chi connectivity index (χ0) is 24.9. The molecule has 1 atom stereocenters. The number of nitrogens with zero attached hydrogens (tertiary/aromatic N) is 2. The van der Waals surface area contributed by atoms with Gasteiger partial charge in [-0.15, -0.1) is 0 Å². The number of benzene rings is 2. The number of aliphatic hydroxyl groups excluding tert-OH is 1. The van der Waals surface area contributed by atoms with Gasteiger partial charge in [-0.05, 0) is 44.2 Å². The van der Waals surface area contributed by atoms with Crippen molar-refractivity contribution in [3.05, 3.63) is 65.2 Å². The molecular weight excluding hydrogens is 448 g/mol. The SMILES string of the molecule is COc1ccccc1[C@@H]1C(=C(O)c2ccc(OC(C)C)cc2)C(=O)C(=O)N1CCN1CCOCC1. The Hall–Kier alpha value is -3.36. The van der Waals surface area contributed by atoms with Crippen LogP contribution >= 0.6 is 0 Å². The Morgan fingerprint density at radius 1 is 1.06 bits per heavy atom. The molecule has 2 aliphatic rings. The highest BCUT2D eigenvalue weighted by molar-refractivity contribution is 6.46. The molecule has 35 heavy (non-hydrogen) atoms. The van der Waals surface area contributed by atoms with Crippen LogP contribution in [0.25, 0.3) is 5.76 Å². The number of hydrogen-bond acceptors (Lipinski definition) is 7. The summed E-state index contributed by atoms with van der Waals surface area (Å²) in [5.41, 5.74) is 1.14. The van der Waals surface area contributed by atoms with Crippen LogP contribution in [0.3, 0.4) is 0 Å². The van der Waals surface area contributed by atoms with Crippen molar-refractivity contribution >= 4 is 17.4 Å². The van der Waals surface area contributed by atoms with Crippen LogP contribution in [0.15, 0.2) is 54.1 Å². The van der Waals surface area contributed by atoms with Gasteiger partial charge in [-0.2, -0.15) is 0 Å². The third-order valence-electron chi connectivity index (χ3n) is 6.23. The smallest absolute Gasteiger partial charge is 0.295 e. The second kappa shape index (κ2) is 10.9. The van der Waals surface area contributed by atoms with Gasteiger partial charge in [-0.3, -0.25) is 14.5 Å². The summed E-state index contributed by atoms with van der Waals surface area (Å²) in [6.07, 6.45) is 0.0109. The maximum absolute atomic E-state index is 13.3. The largest absolute Gasteiger partial charge is 0.507 e. The van der Waals surface area contributed by atoms with Gasteiger partial charge in [0.2, 0.25) is 0 Å². The van der Waals surface area contributed by atoms with Crippen molar-refractivity contribution in [3.63, 3.8) is 0 Å². The Morgan fingerprint density at radius 3 is 2.40 bits per heavy atom. The number of ether oxygens (including phenoxy) is 3. The molecule has 1 N–H and O–H groups in total. The second-order valence-electron chi connectivity index (χ2n) is 8.88. The third-order valence-corrected chi connectivity index (χ3v) is 6.23. The minimum Gasteiger partial charge on any atom is -0.507 e. The average Bonchev–Trinajstić information content (AvgIpc) is 3.12. The topological polar surface area (TPSA) is 88.5 Å². The highest BCUT2D eigenvalue weighted by Crippen LogP contribution is 2.42. The third kappa shape index (κ3) is 5.33. The molecule has 0 aliphatic carbocycles. The molecule has 4 rings (SSSR count). The Balaban J connectivity index is 1.73. The van der Waals surface area contributed by atoms with Crippen LogP contribution in [-0.4, -0.2) is 79.2 Å². The van der Waals surface area contributed by atoms with E-state index in [2.05, 4.69) is 4.90 Å². The van der Waals surface area contributed by atoms with Crippen LogP contribution < -0.4 is 9.47 Å². The van der Waals surface area contributed by atoms with Crippen molar-refractivity contribution < 1.29 is 28.9 Å². The van der Waals surface area contributed by atoms with Gasteiger partial charge in [-0.1, -0.05) is 18.2 Å². The van der Waals surface area contributed by atoms with Gasteiger partial charge in [0.25, 0.3) is 11.7 Å². The summed E-state index contributed by atoms with van der Waals surface area (Å²) in [7, 11) is 1.55. The van der Waals surface area contributed by atoms with E-state index >= 15 is 0 Å². The second-order valence-corrected chi connectivity index (χ2v) is 8.88. The minimum atomic E-state index is -0.765. The van der Waals surface area contributed by atoms with Crippen LogP contribution in [0.2, 0.25) is 0 Å². The first-order valence-corrected chi connectivity index (χ1v) is 11.9. The van der Waals surface area contributed by atoms with Crippen molar-refractivity contribution in [1.82, 2.24) is 9.80 Å². The number of aliphatic hydroxyl groups is 1. The van der Waals surface area contributed by atoms with E-state index in [4.69, 9.17) is 14.2 Å². The van der Waals surface area contributed by atoms with Crippen LogP contribution in [0.1, 0.15) is 31.0 Å². The molecule has 8 heteroatoms. The molecule has 2 fully saturated rings. The lowest BCUT2D eigenvalue weighted by Gasteiger charge is -2.31. The number of hydrogen-bond donors (Lipinski definition) is 1. The van der Waals surface area contributed by atoms with E-state index in [-0.39, 0.29) is 17.4 Å². The molecule has 0 bridgehead atoms.